The lowest BCUT2D eigenvalue weighted by atomic mass is 10.1. The molecule has 8 heteroatoms. The summed E-state index contributed by atoms with van der Waals surface area (Å²) in [6.07, 6.45) is 9.88. The lowest BCUT2D eigenvalue weighted by Gasteiger charge is -2.19. The van der Waals surface area contributed by atoms with Gasteiger partial charge in [-0.2, -0.15) is 0 Å². The van der Waals surface area contributed by atoms with Gasteiger partial charge in [0.1, 0.15) is 6.61 Å². The van der Waals surface area contributed by atoms with E-state index in [1.807, 2.05) is 0 Å². The van der Waals surface area contributed by atoms with Crippen LogP contribution < -0.4 is 0 Å². The Kier molecular flexibility index (Phi) is 16.4. The molecular formula is C20H39O7P. The Labute approximate surface area is 170 Å². The highest BCUT2D eigenvalue weighted by atomic mass is 31.2. The summed E-state index contributed by atoms with van der Waals surface area (Å²) in [7, 11) is -3.70. The third-order valence-corrected chi connectivity index (χ3v) is 4.83. The van der Waals surface area contributed by atoms with Crippen LogP contribution in [0, 0.1) is 0 Å². The van der Waals surface area contributed by atoms with Crippen LogP contribution in [0.25, 0.3) is 0 Å². The zero-order valence-corrected chi connectivity index (χ0v) is 18.7. The minimum atomic E-state index is -3.70. The van der Waals surface area contributed by atoms with Crippen molar-refractivity contribution >= 4 is 19.5 Å². The topological polar surface area (TPSA) is 99.1 Å². The minimum absolute atomic E-state index is 0.171. The van der Waals surface area contributed by atoms with Gasteiger partial charge in [0.15, 0.2) is 6.10 Å². The van der Waals surface area contributed by atoms with Crippen molar-refractivity contribution < 1.29 is 33.0 Å². The Hall–Kier alpha value is -0.910. The molecule has 1 unspecified atom stereocenters. The van der Waals surface area contributed by atoms with Gasteiger partial charge in [0, 0.05) is 19.5 Å². The standard InChI is InChI=1S/C20H39O7P/c1-4-6-8-10-12-14-19(21)25-16-18(17-26-28(3,23)24)27-20(22)15-13-11-9-7-5-2/h18H,4-17H2,1-3H3,(H,23,24)/t18-/m1/s1. The Morgan fingerprint density at radius 3 is 1.82 bits per heavy atom. The van der Waals surface area contributed by atoms with Gasteiger partial charge in [-0.15, -0.1) is 0 Å². The molecule has 0 rings (SSSR count). The normalized spacial score (nSPS) is 14.3. The number of carbonyl (C=O) groups excluding carboxylic acids is 2. The van der Waals surface area contributed by atoms with Crippen LogP contribution in [0.5, 0.6) is 0 Å². The van der Waals surface area contributed by atoms with Crippen molar-refractivity contribution in [1.82, 2.24) is 0 Å². The number of rotatable bonds is 18. The van der Waals surface area contributed by atoms with E-state index >= 15 is 0 Å². The van der Waals surface area contributed by atoms with Crippen molar-refractivity contribution in [1.29, 1.82) is 0 Å². The summed E-state index contributed by atoms with van der Waals surface area (Å²) in [4.78, 5) is 33.1. The number of hydrogen-bond donors (Lipinski definition) is 1. The van der Waals surface area contributed by atoms with Crippen LogP contribution in [-0.4, -0.2) is 42.8 Å². The minimum Gasteiger partial charge on any atom is -0.462 e. The molecule has 0 aliphatic heterocycles. The Balaban J connectivity index is 4.26. The molecule has 7 nitrogen and oxygen atoms in total. The zero-order chi connectivity index (χ0) is 21.3. The van der Waals surface area contributed by atoms with Gasteiger partial charge in [-0.25, -0.2) is 0 Å². The molecule has 0 aromatic rings. The number of carbonyl (C=O) groups is 2. The summed E-state index contributed by atoms with van der Waals surface area (Å²) >= 11 is 0. The van der Waals surface area contributed by atoms with Crippen LogP contribution in [0.15, 0.2) is 0 Å². The van der Waals surface area contributed by atoms with Crippen LogP contribution in [0.1, 0.15) is 90.9 Å². The molecule has 28 heavy (non-hydrogen) atoms. The molecular weight excluding hydrogens is 383 g/mol. The molecule has 0 aromatic heterocycles. The second kappa shape index (κ2) is 17.0. The average Bonchev–Trinajstić information content (AvgIpc) is 2.63. The molecule has 0 radical (unpaired) electrons. The highest BCUT2D eigenvalue weighted by molar-refractivity contribution is 7.51. The zero-order valence-electron chi connectivity index (χ0n) is 17.8. The van der Waals surface area contributed by atoms with E-state index in [4.69, 9.17) is 14.0 Å². The molecule has 0 spiro atoms. The molecule has 2 atom stereocenters. The summed E-state index contributed by atoms with van der Waals surface area (Å²) < 4.78 is 26.6. The molecule has 166 valence electrons. The van der Waals surface area contributed by atoms with Gasteiger partial charge in [-0.05, 0) is 12.8 Å². The van der Waals surface area contributed by atoms with E-state index in [1.54, 1.807) is 0 Å². The molecule has 1 N–H and O–H groups in total. The summed E-state index contributed by atoms with van der Waals surface area (Å²) in [6, 6.07) is 0. The van der Waals surface area contributed by atoms with Gasteiger partial charge in [-0.1, -0.05) is 65.2 Å². The van der Waals surface area contributed by atoms with Crippen molar-refractivity contribution in [3.8, 4) is 0 Å². The number of esters is 2. The first-order chi connectivity index (χ1) is 13.3. The molecule has 0 saturated carbocycles. The third-order valence-electron chi connectivity index (χ3n) is 4.20. The monoisotopic (exact) mass is 422 g/mol. The fraction of sp³-hybridized carbons (Fsp3) is 0.900. The first-order valence-electron chi connectivity index (χ1n) is 10.6. The lowest BCUT2D eigenvalue weighted by Crippen LogP contribution is -2.29. The summed E-state index contributed by atoms with van der Waals surface area (Å²) in [6.45, 7) is 4.86. The molecule has 0 aliphatic rings. The van der Waals surface area contributed by atoms with Crippen molar-refractivity contribution in [2.75, 3.05) is 19.9 Å². The second-order valence-corrected chi connectivity index (χ2v) is 9.09. The highest BCUT2D eigenvalue weighted by Gasteiger charge is 2.21. The molecule has 0 saturated heterocycles. The van der Waals surface area contributed by atoms with Gasteiger partial charge in [0.05, 0.1) is 6.61 Å². The quantitative estimate of drug-likeness (QED) is 0.189. The van der Waals surface area contributed by atoms with Gasteiger partial charge >= 0.3 is 19.5 Å². The van der Waals surface area contributed by atoms with Crippen LogP contribution in [0.2, 0.25) is 0 Å². The van der Waals surface area contributed by atoms with Gasteiger partial charge in [0.25, 0.3) is 0 Å². The lowest BCUT2D eigenvalue weighted by molar-refractivity contribution is -0.161. The molecule has 0 fully saturated rings. The predicted molar refractivity (Wildman–Crippen MR) is 109 cm³/mol. The largest absolute Gasteiger partial charge is 0.462 e. The third kappa shape index (κ3) is 18.5. The first kappa shape index (κ1) is 27.1. The Morgan fingerprint density at radius 2 is 1.32 bits per heavy atom. The molecule has 0 heterocycles. The second-order valence-electron chi connectivity index (χ2n) is 7.22. The summed E-state index contributed by atoms with van der Waals surface area (Å²) in [5, 5.41) is 0. The van der Waals surface area contributed by atoms with E-state index in [1.165, 1.54) is 0 Å². The average molecular weight is 422 g/mol. The van der Waals surface area contributed by atoms with Crippen LogP contribution >= 0.6 is 7.60 Å². The van der Waals surface area contributed by atoms with E-state index in [0.717, 1.165) is 70.9 Å². The van der Waals surface area contributed by atoms with E-state index in [-0.39, 0.29) is 25.6 Å². The first-order valence-corrected chi connectivity index (χ1v) is 12.6. The molecule has 0 aliphatic carbocycles. The van der Waals surface area contributed by atoms with Gasteiger partial charge in [-0.3, -0.25) is 14.2 Å². The van der Waals surface area contributed by atoms with Crippen molar-refractivity contribution in [2.45, 2.75) is 97.0 Å². The van der Waals surface area contributed by atoms with Crippen molar-refractivity contribution in [3.05, 3.63) is 0 Å². The number of hydrogen-bond acceptors (Lipinski definition) is 6. The van der Waals surface area contributed by atoms with Gasteiger partial charge < -0.3 is 18.9 Å². The van der Waals surface area contributed by atoms with E-state index in [0.29, 0.717) is 6.42 Å². The maximum atomic E-state index is 12.0. The smallest absolute Gasteiger partial charge is 0.325 e. The maximum absolute atomic E-state index is 12.0. The number of ether oxygens (including phenoxy) is 2. The van der Waals surface area contributed by atoms with Crippen LogP contribution in [-0.2, 0) is 28.2 Å². The fourth-order valence-corrected chi connectivity index (χ4v) is 3.03. The molecule has 0 aromatic carbocycles. The van der Waals surface area contributed by atoms with Crippen LogP contribution in [0.4, 0.5) is 0 Å². The molecule has 0 amide bonds. The van der Waals surface area contributed by atoms with Crippen molar-refractivity contribution in [3.63, 3.8) is 0 Å². The fourth-order valence-electron chi connectivity index (χ4n) is 2.59. The maximum Gasteiger partial charge on any atom is 0.325 e. The van der Waals surface area contributed by atoms with Crippen LogP contribution in [0.3, 0.4) is 0 Å². The molecule has 0 bridgehead atoms. The summed E-state index contributed by atoms with van der Waals surface area (Å²) in [5.41, 5.74) is 0. The number of unbranched alkanes of at least 4 members (excludes halogenated alkanes) is 8. The van der Waals surface area contributed by atoms with E-state index in [2.05, 4.69) is 13.8 Å². The van der Waals surface area contributed by atoms with E-state index in [9.17, 15) is 19.0 Å². The van der Waals surface area contributed by atoms with E-state index < -0.39 is 19.7 Å². The predicted octanol–water partition coefficient (Wildman–Crippen LogP) is 4.99. The van der Waals surface area contributed by atoms with Gasteiger partial charge in [0.2, 0.25) is 0 Å². The Morgan fingerprint density at radius 1 is 0.821 bits per heavy atom. The van der Waals surface area contributed by atoms with Crippen molar-refractivity contribution in [2.24, 2.45) is 0 Å². The summed E-state index contributed by atoms with van der Waals surface area (Å²) in [5.74, 6) is -0.773. The SMILES string of the molecule is CCCCCCCC(=O)OC[C@H](COP(C)(=O)O)OC(=O)CCCCCCC. The highest BCUT2D eigenvalue weighted by Crippen LogP contribution is 2.36. The Bertz CT molecular complexity index is 461.